The number of H-pyrrole nitrogens is 1. The minimum Gasteiger partial charge on any atom is -0.382 e. The van der Waals surface area contributed by atoms with Crippen LogP contribution in [0.3, 0.4) is 0 Å². The molecule has 0 aliphatic rings. The van der Waals surface area contributed by atoms with Gasteiger partial charge < -0.3 is 16.5 Å². The van der Waals surface area contributed by atoms with E-state index in [1.807, 2.05) is 6.92 Å². The van der Waals surface area contributed by atoms with E-state index < -0.39 is 0 Å². The number of nitrogens with zero attached hydrogens (tertiary/aromatic N) is 3. The second kappa shape index (κ2) is 3.82. The van der Waals surface area contributed by atoms with Gasteiger partial charge >= 0.3 is 0 Å². The third-order valence-corrected chi connectivity index (χ3v) is 2.35. The summed E-state index contributed by atoms with van der Waals surface area (Å²) in [5, 5.41) is 0. The van der Waals surface area contributed by atoms with E-state index in [4.69, 9.17) is 11.5 Å². The Labute approximate surface area is 87.1 Å². The van der Waals surface area contributed by atoms with Crippen LogP contribution in [0.15, 0.2) is 6.33 Å². The molecule has 2 heterocycles. The molecule has 0 aliphatic carbocycles. The number of nitrogen functional groups attached to an aromatic ring is 1. The maximum Gasteiger partial charge on any atom is 0.183 e. The van der Waals surface area contributed by atoms with Crippen LogP contribution in [0.4, 0.5) is 5.82 Å². The standard InChI is InChI=1S/C9H14N6/c1-2-5(10)3-6-14-7-8(11)12-4-13-9(7)15-6/h4-5H,2-3,10H2,1H3,(H3,11,12,13,14,15). The Kier molecular flexibility index (Phi) is 2.51. The number of imidazole rings is 1. The second-order valence-electron chi connectivity index (χ2n) is 3.51. The molecule has 0 fully saturated rings. The molecule has 5 N–H and O–H groups in total. The molecule has 6 nitrogen and oxygen atoms in total. The molecule has 0 spiro atoms. The lowest BCUT2D eigenvalue weighted by atomic mass is 10.2. The molecule has 2 aromatic rings. The van der Waals surface area contributed by atoms with E-state index in [0.717, 1.165) is 12.2 Å². The van der Waals surface area contributed by atoms with Crippen molar-refractivity contribution in [3.8, 4) is 0 Å². The number of hydrogen-bond donors (Lipinski definition) is 3. The van der Waals surface area contributed by atoms with Gasteiger partial charge in [0.1, 0.15) is 17.7 Å². The zero-order valence-corrected chi connectivity index (χ0v) is 8.57. The first-order valence-electron chi connectivity index (χ1n) is 4.91. The Morgan fingerprint density at radius 3 is 2.93 bits per heavy atom. The lowest BCUT2D eigenvalue weighted by Gasteiger charge is -2.04. The highest BCUT2D eigenvalue weighted by molar-refractivity contribution is 5.80. The summed E-state index contributed by atoms with van der Waals surface area (Å²) in [6.07, 6.45) is 3.02. The number of fused-ring (bicyclic) bond motifs is 1. The van der Waals surface area contributed by atoms with Gasteiger partial charge in [0.05, 0.1) is 0 Å². The molecule has 6 heteroatoms. The first-order chi connectivity index (χ1) is 7.20. The van der Waals surface area contributed by atoms with Crippen LogP contribution in [0.2, 0.25) is 0 Å². The van der Waals surface area contributed by atoms with Gasteiger partial charge in [-0.2, -0.15) is 0 Å². The highest BCUT2D eigenvalue weighted by Crippen LogP contribution is 2.13. The van der Waals surface area contributed by atoms with Gasteiger partial charge in [0, 0.05) is 12.5 Å². The molecule has 1 atom stereocenters. The zero-order valence-electron chi connectivity index (χ0n) is 8.57. The van der Waals surface area contributed by atoms with E-state index >= 15 is 0 Å². The summed E-state index contributed by atoms with van der Waals surface area (Å²) in [5.74, 6) is 1.23. The monoisotopic (exact) mass is 206 g/mol. The lowest BCUT2D eigenvalue weighted by Crippen LogP contribution is -2.21. The summed E-state index contributed by atoms with van der Waals surface area (Å²) in [7, 11) is 0. The van der Waals surface area contributed by atoms with E-state index in [1.165, 1.54) is 6.33 Å². The highest BCUT2D eigenvalue weighted by Gasteiger charge is 2.09. The van der Waals surface area contributed by atoms with Crippen LogP contribution in [-0.4, -0.2) is 26.0 Å². The molecule has 2 rings (SSSR count). The molecule has 1 unspecified atom stereocenters. The number of rotatable bonds is 3. The maximum atomic E-state index is 5.84. The average Bonchev–Trinajstić information content (AvgIpc) is 2.62. The van der Waals surface area contributed by atoms with E-state index in [-0.39, 0.29) is 6.04 Å². The molecule has 0 saturated carbocycles. The first kappa shape index (κ1) is 9.85. The van der Waals surface area contributed by atoms with E-state index in [0.29, 0.717) is 23.4 Å². The third kappa shape index (κ3) is 1.89. The summed E-state index contributed by atoms with van der Waals surface area (Å²) in [5.41, 5.74) is 12.8. The maximum absolute atomic E-state index is 5.84. The van der Waals surface area contributed by atoms with E-state index in [1.54, 1.807) is 0 Å². The fraction of sp³-hybridized carbons (Fsp3) is 0.444. The van der Waals surface area contributed by atoms with Gasteiger partial charge in [0.15, 0.2) is 11.5 Å². The largest absolute Gasteiger partial charge is 0.382 e. The van der Waals surface area contributed by atoms with Crippen molar-refractivity contribution >= 4 is 17.0 Å². The molecule has 80 valence electrons. The summed E-state index contributed by atoms with van der Waals surface area (Å²) in [4.78, 5) is 15.3. The van der Waals surface area contributed by atoms with Crippen LogP contribution in [0, 0.1) is 0 Å². The van der Waals surface area contributed by atoms with E-state index in [9.17, 15) is 0 Å². The molecule has 0 amide bonds. The minimum absolute atomic E-state index is 0.111. The number of nitrogens with one attached hydrogen (secondary N) is 1. The van der Waals surface area contributed by atoms with Gasteiger partial charge in [-0.05, 0) is 6.42 Å². The molecule has 2 aromatic heterocycles. The fourth-order valence-corrected chi connectivity index (χ4v) is 1.38. The van der Waals surface area contributed by atoms with Crippen LogP contribution in [0.25, 0.3) is 11.2 Å². The molecule has 15 heavy (non-hydrogen) atoms. The third-order valence-electron chi connectivity index (χ3n) is 2.35. The molecular weight excluding hydrogens is 192 g/mol. The average molecular weight is 206 g/mol. The number of hydrogen-bond acceptors (Lipinski definition) is 5. The normalized spacial score (nSPS) is 13.2. The molecule has 0 saturated heterocycles. The van der Waals surface area contributed by atoms with Crippen molar-refractivity contribution in [3.63, 3.8) is 0 Å². The summed E-state index contributed by atoms with van der Waals surface area (Å²) < 4.78 is 0. The molecule has 0 bridgehead atoms. The van der Waals surface area contributed by atoms with Gasteiger partial charge in [-0.25, -0.2) is 15.0 Å². The Hall–Kier alpha value is -1.69. The Balaban J connectivity index is 2.35. The van der Waals surface area contributed by atoms with Gasteiger partial charge in [-0.3, -0.25) is 0 Å². The number of aromatic amines is 1. The number of aromatic nitrogens is 4. The van der Waals surface area contributed by atoms with E-state index in [2.05, 4.69) is 19.9 Å². The predicted molar refractivity (Wildman–Crippen MR) is 58.1 cm³/mol. The molecule has 0 aromatic carbocycles. The Bertz CT molecular complexity index is 463. The molecule has 0 aliphatic heterocycles. The topological polar surface area (TPSA) is 106 Å². The lowest BCUT2D eigenvalue weighted by molar-refractivity contribution is 0.630. The van der Waals surface area contributed by atoms with Crippen molar-refractivity contribution in [2.45, 2.75) is 25.8 Å². The van der Waals surface area contributed by atoms with Crippen LogP contribution < -0.4 is 11.5 Å². The zero-order chi connectivity index (χ0) is 10.8. The minimum atomic E-state index is 0.111. The SMILES string of the molecule is CCC(N)Cc1nc2ncnc(N)c2[nH]1. The van der Waals surface area contributed by atoms with Gasteiger partial charge in [0.2, 0.25) is 0 Å². The fourth-order valence-electron chi connectivity index (χ4n) is 1.38. The van der Waals surface area contributed by atoms with Gasteiger partial charge in [-0.1, -0.05) is 6.92 Å². The van der Waals surface area contributed by atoms with Crippen LogP contribution in [0.1, 0.15) is 19.2 Å². The van der Waals surface area contributed by atoms with Gasteiger partial charge in [0.25, 0.3) is 0 Å². The number of nitrogens with two attached hydrogens (primary N) is 2. The van der Waals surface area contributed by atoms with Crippen molar-refractivity contribution < 1.29 is 0 Å². The van der Waals surface area contributed by atoms with Crippen LogP contribution in [-0.2, 0) is 6.42 Å². The van der Waals surface area contributed by atoms with Crippen molar-refractivity contribution in [2.24, 2.45) is 5.73 Å². The summed E-state index contributed by atoms with van der Waals surface area (Å²) in [6.45, 7) is 2.04. The van der Waals surface area contributed by atoms with Crippen molar-refractivity contribution in [2.75, 3.05) is 5.73 Å². The van der Waals surface area contributed by atoms with Crippen molar-refractivity contribution in [1.29, 1.82) is 0 Å². The van der Waals surface area contributed by atoms with Crippen LogP contribution >= 0.6 is 0 Å². The smallest absolute Gasteiger partial charge is 0.183 e. The summed E-state index contributed by atoms with van der Waals surface area (Å²) in [6, 6.07) is 0.111. The Morgan fingerprint density at radius 1 is 1.47 bits per heavy atom. The van der Waals surface area contributed by atoms with Crippen molar-refractivity contribution in [1.82, 2.24) is 19.9 Å². The predicted octanol–water partition coefficient (Wildman–Crippen LogP) is 0.215. The van der Waals surface area contributed by atoms with Gasteiger partial charge in [-0.15, -0.1) is 0 Å². The number of anilines is 1. The summed E-state index contributed by atoms with van der Waals surface area (Å²) >= 11 is 0. The van der Waals surface area contributed by atoms with Crippen LogP contribution in [0.5, 0.6) is 0 Å². The quantitative estimate of drug-likeness (QED) is 0.665. The highest BCUT2D eigenvalue weighted by atomic mass is 15.0. The molecule has 0 radical (unpaired) electrons. The van der Waals surface area contributed by atoms with Crippen molar-refractivity contribution in [3.05, 3.63) is 12.2 Å². The molecular formula is C9H14N6. The Morgan fingerprint density at radius 2 is 2.27 bits per heavy atom. The first-order valence-corrected chi connectivity index (χ1v) is 4.91. The second-order valence-corrected chi connectivity index (χ2v) is 3.51.